The zero-order valence-electron chi connectivity index (χ0n) is 10.2. The van der Waals surface area contributed by atoms with Crippen molar-refractivity contribution < 1.29 is 8.42 Å². The molecule has 0 radical (unpaired) electrons. The number of nitrogen functional groups attached to an aromatic ring is 1. The van der Waals surface area contributed by atoms with Gasteiger partial charge in [0.15, 0.2) is 0 Å². The molecule has 0 saturated heterocycles. The van der Waals surface area contributed by atoms with E-state index in [9.17, 15) is 8.42 Å². The van der Waals surface area contributed by atoms with Crippen LogP contribution in [0.1, 0.15) is 5.56 Å². The number of nitrogens with zero attached hydrogens (tertiary/aromatic N) is 1. The molecule has 3 N–H and O–H groups in total. The summed E-state index contributed by atoms with van der Waals surface area (Å²) >= 11 is 5.81. The van der Waals surface area contributed by atoms with Crippen molar-refractivity contribution in [2.75, 3.05) is 10.5 Å². The van der Waals surface area contributed by atoms with Gasteiger partial charge in [-0.3, -0.25) is 4.72 Å². The number of halogens is 1. The van der Waals surface area contributed by atoms with Crippen LogP contribution in [0.2, 0.25) is 5.02 Å². The molecule has 20 heavy (non-hydrogen) atoms. The third kappa shape index (κ3) is 3.02. The summed E-state index contributed by atoms with van der Waals surface area (Å²) in [5.74, 6) is 0. The summed E-state index contributed by atoms with van der Waals surface area (Å²) in [6, 6.07) is 12.1. The van der Waals surface area contributed by atoms with Gasteiger partial charge < -0.3 is 5.73 Å². The smallest absolute Gasteiger partial charge is 0.262 e. The molecule has 0 aliphatic carbocycles. The summed E-state index contributed by atoms with van der Waals surface area (Å²) < 4.78 is 26.8. The van der Waals surface area contributed by atoms with Crippen LogP contribution in [0, 0.1) is 11.3 Å². The van der Waals surface area contributed by atoms with E-state index in [-0.39, 0.29) is 21.8 Å². The first-order chi connectivity index (χ1) is 9.42. The Labute approximate surface area is 121 Å². The highest BCUT2D eigenvalue weighted by molar-refractivity contribution is 7.92. The van der Waals surface area contributed by atoms with E-state index in [0.29, 0.717) is 5.02 Å². The SMILES string of the molecule is N#Cc1cccc(S(=O)(=O)Nc2cc(Cl)ccc2N)c1. The van der Waals surface area contributed by atoms with Gasteiger partial charge in [-0.15, -0.1) is 0 Å². The fourth-order valence-corrected chi connectivity index (χ4v) is 2.85. The van der Waals surface area contributed by atoms with Crippen LogP contribution < -0.4 is 10.5 Å². The van der Waals surface area contributed by atoms with Crippen molar-refractivity contribution in [2.45, 2.75) is 4.90 Å². The lowest BCUT2D eigenvalue weighted by molar-refractivity contribution is 0.601. The summed E-state index contributed by atoms with van der Waals surface area (Å²) in [6.45, 7) is 0. The molecule has 0 heterocycles. The molecule has 0 atom stereocenters. The Morgan fingerprint density at radius 1 is 1.20 bits per heavy atom. The molecule has 0 aliphatic heterocycles. The van der Waals surface area contributed by atoms with Gasteiger partial charge in [-0.2, -0.15) is 5.26 Å². The third-order valence-corrected chi connectivity index (χ3v) is 4.13. The Kier molecular flexibility index (Phi) is 3.84. The summed E-state index contributed by atoms with van der Waals surface area (Å²) in [5.41, 5.74) is 6.40. The van der Waals surface area contributed by atoms with Crippen molar-refractivity contribution in [3.8, 4) is 6.07 Å². The summed E-state index contributed by atoms with van der Waals surface area (Å²) in [4.78, 5) is -0.0177. The first kappa shape index (κ1) is 14.2. The predicted molar refractivity (Wildman–Crippen MR) is 77.8 cm³/mol. The maximum Gasteiger partial charge on any atom is 0.262 e. The van der Waals surface area contributed by atoms with Gasteiger partial charge in [0.2, 0.25) is 0 Å². The van der Waals surface area contributed by atoms with Gasteiger partial charge >= 0.3 is 0 Å². The molecule has 2 aromatic carbocycles. The molecular formula is C13H10ClN3O2S. The fourth-order valence-electron chi connectivity index (χ4n) is 1.55. The van der Waals surface area contributed by atoms with Gasteiger partial charge in [-0.1, -0.05) is 17.7 Å². The van der Waals surface area contributed by atoms with Gasteiger partial charge in [0, 0.05) is 5.02 Å². The van der Waals surface area contributed by atoms with Crippen molar-refractivity contribution in [1.29, 1.82) is 5.26 Å². The molecule has 2 aromatic rings. The van der Waals surface area contributed by atoms with E-state index in [1.165, 1.54) is 36.4 Å². The van der Waals surface area contributed by atoms with E-state index in [1.807, 2.05) is 6.07 Å². The van der Waals surface area contributed by atoms with E-state index in [4.69, 9.17) is 22.6 Å². The molecule has 0 amide bonds. The van der Waals surface area contributed by atoms with Crippen LogP contribution in [0.3, 0.4) is 0 Å². The number of sulfonamides is 1. The maximum atomic E-state index is 12.2. The normalized spacial score (nSPS) is 10.8. The van der Waals surface area contributed by atoms with Gasteiger partial charge in [-0.05, 0) is 36.4 Å². The second-order valence-corrected chi connectivity index (χ2v) is 6.10. The number of nitriles is 1. The summed E-state index contributed by atoms with van der Waals surface area (Å²) in [7, 11) is -3.82. The predicted octanol–water partition coefficient (Wildman–Crippen LogP) is 2.59. The van der Waals surface area contributed by atoms with Crippen LogP contribution in [0.4, 0.5) is 11.4 Å². The van der Waals surface area contributed by atoms with Crippen LogP contribution >= 0.6 is 11.6 Å². The molecule has 0 fully saturated rings. The lowest BCUT2D eigenvalue weighted by Gasteiger charge is -2.10. The van der Waals surface area contributed by atoms with E-state index >= 15 is 0 Å². The molecule has 2 rings (SSSR count). The zero-order valence-corrected chi connectivity index (χ0v) is 11.7. The van der Waals surface area contributed by atoms with Crippen LogP contribution in [-0.2, 0) is 10.0 Å². The molecule has 0 aliphatic rings. The number of anilines is 2. The highest BCUT2D eigenvalue weighted by Crippen LogP contribution is 2.25. The lowest BCUT2D eigenvalue weighted by atomic mass is 10.2. The Balaban J connectivity index is 2.41. The molecule has 0 saturated carbocycles. The molecule has 102 valence electrons. The topological polar surface area (TPSA) is 96.0 Å². The lowest BCUT2D eigenvalue weighted by Crippen LogP contribution is -2.14. The largest absolute Gasteiger partial charge is 0.397 e. The fraction of sp³-hybridized carbons (Fsp3) is 0. The molecule has 0 aromatic heterocycles. The van der Waals surface area contributed by atoms with Crippen molar-refractivity contribution >= 4 is 33.0 Å². The highest BCUT2D eigenvalue weighted by Gasteiger charge is 2.16. The number of nitrogens with one attached hydrogen (secondary N) is 1. The monoisotopic (exact) mass is 307 g/mol. The number of hydrogen-bond acceptors (Lipinski definition) is 4. The van der Waals surface area contributed by atoms with Crippen LogP contribution in [0.15, 0.2) is 47.4 Å². The van der Waals surface area contributed by atoms with E-state index in [1.54, 1.807) is 6.07 Å². The highest BCUT2D eigenvalue weighted by atomic mass is 35.5. The molecule has 7 heteroatoms. The number of nitrogens with two attached hydrogens (primary N) is 1. The van der Waals surface area contributed by atoms with Crippen LogP contribution in [-0.4, -0.2) is 8.42 Å². The average molecular weight is 308 g/mol. The Morgan fingerprint density at radius 3 is 2.65 bits per heavy atom. The van der Waals surface area contributed by atoms with Gasteiger partial charge in [0.05, 0.1) is 27.9 Å². The van der Waals surface area contributed by atoms with E-state index in [0.717, 1.165) is 0 Å². The minimum atomic E-state index is -3.82. The molecule has 5 nitrogen and oxygen atoms in total. The van der Waals surface area contributed by atoms with E-state index in [2.05, 4.69) is 4.72 Å². The van der Waals surface area contributed by atoms with Crippen molar-refractivity contribution in [3.63, 3.8) is 0 Å². The van der Waals surface area contributed by atoms with Gasteiger partial charge in [-0.25, -0.2) is 8.42 Å². The second kappa shape index (κ2) is 5.41. The van der Waals surface area contributed by atoms with Crippen molar-refractivity contribution in [3.05, 3.63) is 53.1 Å². The van der Waals surface area contributed by atoms with Gasteiger partial charge in [0.1, 0.15) is 0 Å². The number of rotatable bonds is 3. The Bertz CT molecular complexity index is 798. The minimum Gasteiger partial charge on any atom is -0.397 e. The molecule has 0 bridgehead atoms. The first-order valence-electron chi connectivity index (χ1n) is 5.50. The first-order valence-corrected chi connectivity index (χ1v) is 7.36. The standard InChI is InChI=1S/C13H10ClN3O2S/c14-10-4-5-12(16)13(7-10)17-20(18,19)11-3-1-2-9(6-11)8-15/h1-7,17H,16H2. The Morgan fingerprint density at radius 2 is 1.95 bits per heavy atom. The summed E-state index contributed by atoms with van der Waals surface area (Å²) in [5, 5.41) is 9.16. The molecule has 0 spiro atoms. The minimum absolute atomic E-state index is 0.0177. The Hall–Kier alpha value is -2.23. The van der Waals surface area contributed by atoms with Crippen molar-refractivity contribution in [2.24, 2.45) is 0 Å². The molecule has 0 unspecified atom stereocenters. The van der Waals surface area contributed by atoms with Crippen LogP contribution in [0.5, 0.6) is 0 Å². The van der Waals surface area contributed by atoms with Crippen LogP contribution in [0.25, 0.3) is 0 Å². The second-order valence-electron chi connectivity index (χ2n) is 3.98. The maximum absolute atomic E-state index is 12.2. The number of benzene rings is 2. The molecular weight excluding hydrogens is 298 g/mol. The summed E-state index contributed by atoms with van der Waals surface area (Å²) in [6.07, 6.45) is 0. The quantitative estimate of drug-likeness (QED) is 0.852. The van der Waals surface area contributed by atoms with Gasteiger partial charge in [0.25, 0.3) is 10.0 Å². The van der Waals surface area contributed by atoms with E-state index < -0.39 is 10.0 Å². The van der Waals surface area contributed by atoms with Crippen molar-refractivity contribution in [1.82, 2.24) is 0 Å². The zero-order chi connectivity index (χ0) is 14.8. The average Bonchev–Trinajstić information content (AvgIpc) is 2.43. The number of hydrogen-bond donors (Lipinski definition) is 2. The third-order valence-electron chi connectivity index (χ3n) is 2.53.